The molecule has 0 saturated heterocycles. The van der Waals surface area contributed by atoms with Crippen molar-refractivity contribution in [2.24, 2.45) is 44.8 Å². The van der Waals surface area contributed by atoms with Crippen LogP contribution in [0.3, 0.4) is 0 Å². The molecule has 0 radical (unpaired) electrons. The van der Waals surface area contributed by atoms with Crippen LogP contribution in [0.5, 0.6) is 0 Å². The predicted octanol–water partition coefficient (Wildman–Crippen LogP) is 7.10. The van der Waals surface area contributed by atoms with Gasteiger partial charge in [-0.15, -0.1) is 0 Å². The van der Waals surface area contributed by atoms with E-state index in [0.717, 1.165) is 32.1 Å². The van der Waals surface area contributed by atoms with Crippen molar-refractivity contribution >= 4 is 5.78 Å². The lowest BCUT2D eigenvalue weighted by Crippen LogP contribution is -2.62. The van der Waals surface area contributed by atoms with Crippen molar-refractivity contribution in [3.8, 4) is 0 Å². The van der Waals surface area contributed by atoms with E-state index >= 15 is 0 Å². The quantitative estimate of drug-likeness (QED) is 0.419. The Balaban J connectivity index is 1.56. The lowest BCUT2D eigenvalue weighted by atomic mass is 9.35. The molecule has 0 heterocycles. The summed E-state index contributed by atoms with van der Waals surface area (Å²) in [4.78, 5) is 12.9. The number of allylic oxidation sites excluding steroid dienone is 2. The molecule has 0 unspecified atom stereocenters. The van der Waals surface area contributed by atoms with Gasteiger partial charge in [-0.2, -0.15) is 0 Å². The molecule has 0 aromatic heterocycles. The van der Waals surface area contributed by atoms with Gasteiger partial charge in [0.2, 0.25) is 0 Å². The lowest BCUT2D eigenvalue weighted by molar-refractivity contribution is -0.171. The molecule has 1 N–H and O–H groups in total. The van der Waals surface area contributed by atoms with Crippen molar-refractivity contribution in [2.75, 3.05) is 0 Å². The standard InChI is InChI=1S/C29H46O2/c1-24(2)19-9-13-28(6)20-8-12-25(3)16-17-26(4,31)18-22(25)29(20,7)14-10-21(28)27(19,5)15-11-23(24)30/h8,19,21-22,31H,9-18H2,1-7H3/t19-,21-,22-,25+,26+,27+,28+,29-/m1/s1. The summed E-state index contributed by atoms with van der Waals surface area (Å²) in [6.45, 7) is 16.8. The second kappa shape index (κ2) is 6.28. The maximum Gasteiger partial charge on any atom is 0.138 e. The van der Waals surface area contributed by atoms with Crippen LogP contribution in [0.15, 0.2) is 11.6 Å². The molecule has 5 rings (SSSR count). The molecule has 4 saturated carbocycles. The van der Waals surface area contributed by atoms with Gasteiger partial charge in [-0.3, -0.25) is 4.79 Å². The highest BCUT2D eigenvalue weighted by Gasteiger charge is 2.66. The number of carbonyl (C=O) groups excluding carboxylic acids is 1. The molecular weight excluding hydrogens is 380 g/mol. The first kappa shape index (κ1) is 22.2. The third-order valence-electron chi connectivity index (χ3n) is 12.2. The normalized spacial score (nSPS) is 55.9. The maximum atomic E-state index is 12.9. The molecule has 0 bridgehead atoms. The summed E-state index contributed by atoms with van der Waals surface area (Å²) < 4.78 is 0. The predicted molar refractivity (Wildman–Crippen MR) is 127 cm³/mol. The molecule has 0 amide bonds. The first-order chi connectivity index (χ1) is 14.2. The summed E-state index contributed by atoms with van der Waals surface area (Å²) in [5, 5.41) is 11.1. The highest BCUT2D eigenvalue weighted by Crippen LogP contribution is 2.74. The van der Waals surface area contributed by atoms with Crippen LogP contribution in [-0.2, 0) is 4.79 Å². The van der Waals surface area contributed by atoms with E-state index in [0.29, 0.717) is 29.0 Å². The van der Waals surface area contributed by atoms with E-state index in [-0.39, 0.29) is 21.7 Å². The van der Waals surface area contributed by atoms with Crippen LogP contribution in [0.25, 0.3) is 0 Å². The zero-order valence-corrected chi connectivity index (χ0v) is 21.2. The number of Topliss-reactive ketones (excluding diaryl/α,β-unsaturated/α-hetero) is 1. The summed E-state index contributed by atoms with van der Waals surface area (Å²) in [5.41, 5.74) is 2.13. The van der Waals surface area contributed by atoms with Crippen LogP contribution in [0.1, 0.15) is 113 Å². The minimum absolute atomic E-state index is 0.170. The summed E-state index contributed by atoms with van der Waals surface area (Å²) in [6.07, 6.45) is 13.7. The van der Waals surface area contributed by atoms with Crippen molar-refractivity contribution in [1.82, 2.24) is 0 Å². The molecule has 2 nitrogen and oxygen atoms in total. The number of carbonyl (C=O) groups is 1. The van der Waals surface area contributed by atoms with Gasteiger partial charge in [-0.05, 0) is 104 Å². The van der Waals surface area contributed by atoms with Crippen LogP contribution in [0.2, 0.25) is 0 Å². The van der Waals surface area contributed by atoms with E-state index in [9.17, 15) is 9.90 Å². The molecule has 8 atom stereocenters. The van der Waals surface area contributed by atoms with Gasteiger partial charge in [0, 0.05) is 11.8 Å². The van der Waals surface area contributed by atoms with Crippen LogP contribution in [0.4, 0.5) is 0 Å². The molecule has 31 heavy (non-hydrogen) atoms. The van der Waals surface area contributed by atoms with Gasteiger partial charge in [-0.1, -0.05) is 53.2 Å². The third kappa shape index (κ3) is 2.75. The smallest absolute Gasteiger partial charge is 0.138 e. The highest BCUT2D eigenvalue weighted by molar-refractivity contribution is 5.85. The molecule has 5 aliphatic carbocycles. The van der Waals surface area contributed by atoms with E-state index < -0.39 is 5.60 Å². The average Bonchev–Trinajstić information content (AvgIpc) is 2.66. The molecule has 4 fully saturated rings. The summed E-state index contributed by atoms with van der Waals surface area (Å²) in [7, 11) is 0. The van der Waals surface area contributed by atoms with Crippen LogP contribution in [-0.4, -0.2) is 16.5 Å². The number of rotatable bonds is 0. The minimum atomic E-state index is -0.509. The zero-order chi connectivity index (χ0) is 22.7. The van der Waals surface area contributed by atoms with E-state index in [1.807, 2.05) is 0 Å². The first-order valence-corrected chi connectivity index (χ1v) is 13.2. The Labute approximate surface area is 190 Å². The monoisotopic (exact) mass is 426 g/mol. The Morgan fingerprint density at radius 2 is 1.42 bits per heavy atom. The van der Waals surface area contributed by atoms with Crippen LogP contribution < -0.4 is 0 Å². The van der Waals surface area contributed by atoms with Crippen LogP contribution >= 0.6 is 0 Å². The Morgan fingerprint density at radius 3 is 2.10 bits per heavy atom. The second-order valence-corrected chi connectivity index (χ2v) is 14.4. The van der Waals surface area contributed by atoms with Gasteiger partial charge >= 0.3 is 0 Å². The zero-order valence-electron chi connectivity index (χ0n) is 21.2. The molecule has 2 heteroatoms. The molecule has 5 aliphatic rings. The Kier molecular flexibility index (Phi) is 4.49. The minimum Gasteiger partial charge on any atom is -0.390 e. The fourth-order valence-electron chi connectivity index (χ4n) is 10.5. The van der Waals surface area contributed by atoms with Crippen molar-refractivity contribution in [2.45, 2.75) is 118 Å². The topological polar surface area (TPSA) is 37.3 Å². The summed E-state index contributed by atoms with van der Waals surface area (Å²) in [6, 6.07) is 0. The summed E-state index contributed by atoms with van der Waals surface area (Å²) in [5.74, 6) is 2.28. The van der Waals surface area contributed by atoms with Gasteiger partial charge < -0.3 is 5.11 Å². The molecular formula is C29H46O2. The van der Waals surface area contributed by atoms with Gasteiger partial charge in [-0.25, -0.2) is 0 Å². The molecule has 174 valence electrons. The Morgan fingerprint density at radius 1 is 0.806 bits per heavy atom. The number of hydrogen-bond acceptors (Lipinski definition) is 2. The molecule has 0 aliphatic heterocycles. The van der Waals surface area contributed by atoms with E-state index in [1.54, 1.807) is 5.57 Å². The van der Waals surface area contributed by atoms with Crippen molar-refractivity contribution in [1.29, 1.82) is 0 Å². The largest absolute Gasteiger partial charge is 0.390 e. The number of ketones is 1. The second-order valence-electron chi connectivity index (χ2n) is 14.4. The lowest BCUT2D eigenvalue weighted by Gasteiger charge is -2.69. The maximum absolute atomic E-state index is 12.9. The Hall–Kier alpha value is -0.630. The van der Waals surface area contributed by atoms with Crippen molar-refractivity contribution in [3.63, 3.8) is 0 Å². The number of aliphatic hydroxyl groups is 1. The molecule has 0 aromatic carbocycles. The van der Waals surface area contributed by atoms with Gasteiger partial charge in [0.15, 0.2) is 0 Å². The van der Waals surface area contributed by atoms with E-state index in [4.69, 9.17) is 0 Å². The number of fused-ring (bicyclic) bond motifs is 7. The third-order valence-corrected chi connectivity index (χ3v) is 12.2. The van der Waals surface area contributed by atoms with E-state index in [1.165, 1.54) is 32.1 Å². The van der Waals surface area contributed by atoms with Crippen molar-refractivity contribution in [3.05, 3.63) is 11.6 Å². The molecule has 0 aromatic rings. The highest BCUT2D eigenvalue weighted by atomic mass is 16.3. The average molecular weight is 427 g/mol. The van der Waals surface area contributed by atoms with Gasteiger partial charge in [0.05, 0.1) is 5.60 Å². The fraction of sp³-hybridized carbons (Fsp3) is 0.897. The van der Waals surface area contributed by atoms with Gasteiger partial charge in [0.25, 0.3) is 0 Å². The fourth-order valence-corrected chi connectivity index (χ4v) is 10.5. The molecule has 0 spiro atoms. The first-order valence-electron chi connectivity index (χ1n) is 13.2. The van der Waals surface area contributed by atoms with Crippen molar-refractivity contribution < 1.29 is 9.90 Å². The van der Waals surface area contributed by atoms with Crippen LogP contribution in [0, 0.1) is 44.8 Å². The summed E-state index contributed by atoms with van der Waals surface area (Å²) >= 11 is 0. The number of hydrogen-bond donors (Lipinski definition) is 1. The SMILES string of the molecule is CC1(C)C(=O)CC[C@@]2(C)[C@@H]1CC[C@@]1(C)C3=CC[C@@]4(C)CC[C@](C)(O)C[C@H]4[C@]3(C)CC[C@H]21. The Bertz CT molecular complexity index is 836. The van der Waals surface area contributed by atoms with Gasteiger partial charge in [0.1, 0.15) is 5.78 Å². The van der Waals surface area contributed by atoms with E-state index in [2.05, 4.69) is 54.5 Å².